The number of aliphatic imine (C=N–C) groups is 1. The lowest BCUT2D eigenvalue weighted by atomic mass is 10.2. The Kier molecular flexibility index (Phi) is 6.43. The van der Waals surface area contributed by atoms with Crippen molar-refractivity contribution >= 4 is 21.4 Å². The molecule has 1 N–H and O–H groups in total. The zero-order valence-corrected chi connectivity index (χ0v) is 15.7. The van der Waals surface area contributed by atoms with Crippen LogP contribution in [0.4, 0.5) is 5.69 Å². The molecule has 0 spiro atoms. The van der Waals surface area contributed by atoms with Gasteiger partial charge in [-0.1, -0.05) is 18.9 Å². The topological polar surface area (TPSA) is 91.5 Å². The van der Waals surface area contributed by atoms with Crippen LogP contribution in [0.5, 0.6) is 5.75 Å². The number of sulfone groups is 1. The van der Waals surface area contributed by atoms with Gasteiger partial charge in [-0.25, -0.2) is 8.42 Å². The maximum absolute atomic E-state index is 12.6. The largest absolute Gasteiger partial charge is 0.497 e. The summed E-state index contributed by atoms with van der Waals surface area (Å²) in [5.41, 5.74) is 0.648. The zero-order chi connectivity index (χ0) is 18.4. The van der Waals surface area contributed by atoms with E-state index in [1.807, 2.05) is 6.07 Å². The molecule has 1 aliphatic rings. The Morgan fingerprint density at radius 2 is 2.04 bits per heavy atom. The number of benzene rings is 1. The Labute approximate surface area is 149 Å². The summed E-state index contributed by atoms with van der Waals surface area (Å²) in [6.07, 6.45) is 4.00. The highest BCUT2D eigenvalue weighted by molar-refractivity contribution is 7.93. The molecule has 1 saturated carbocycles. The Hall–Kier alpha value is -2.07. The number of nitriles is 1. The summed E-state index contributed by atoms with van der Waals surface area (Å²) >= 11 is 0. The zero-order valence-electron chi connectivity index (χ0n) is 14.9. The van der Waals surface area contributed by atoms with Crippen molar-refractivity contribution in [2.45, 2.75) is 56.1 Å². The van der Waals surface area contributed by atoms with Crippen LogP contribution in [-0.4, -0.2) is 37.9 Å². The lowest BCUT2D eigenvalue weighted by molar-refractivity contribution is 0.415. The maximum atomic E-state index is 12.6. The second-order valence-electron chi connectivity index (χ2n) is 6.46. The molecule has 0 bridgehead atoms. The van der Waals surface area contributed by atoms with E-state index in [1.165, 1.54) is 0 Å². The van der Waals surface area contributed by atoms with Crippen LogP contribution in [0.25, 0.3) is 0 Å². The Morgan fingerprint density at radius 3 is 2.60 bits per heavy atom. The van der Waals surface area contributed by atoms with E-state index >= 15 is 0 Å². The molecule has 0 aromatic heterocycles. The van der Waals surface area contributed by atoms with Gasteiger partial charge in [0.1, 0.15) is 11.6 Å². The minimum Gasteiger partial charge on any atom is -0.497 e. The van der Waals surface area contributed by atoms with Crippen LogP contribution in [0.3, 0.4) is 0 Å². The summed E-state index contributed by atoms with van der Waals surface area (Å²) in [6, 6.07) is 9.14. The van der Waals surface area contributed by atoms with Gasteiger partial charge in [-0.2, -0.15) is 5.26 Å². The highest BCUT2D eigenvalue weighted by atomic mass is 32.2. The fourth-order valence-corrected chi connectivity index (χ4v) is 3.93. The number of nitrogens with one attached hydrogen (secondary N) is 1. The minimum atomic E-state index is -3.65. The van der Waals surface area contributed by atoms with E-state index in [2.05, 4.69) is 10.3 Å². The summed E-state index contributed by atoms with van der Waals surface area (Å²) in [6.45, 7) is 3.16. The van der Waals surface area contributed by atoms with Gasteiger partial charge in [-0.3, -0.25) is 4.99 Å². The van der Waals surface area contributed by atoms with E-state index in [4.69, 9.17) is 4.74 Å². The van der Waals surface area contributed by atoms with Gasteiger partial charge in [0.05, 0.1) is 24.5 Å². The lowest BCUT2D eigenvalue weighted by Crippen LogP contribution is -2.39. The first-order valence-electron chi connectivity index (χ1n) is 8.49. The van der Waals surface area contributed by atoms with Crippen LogP contribution < -0.4 is 10.1 Å². The van der Waals surface area contributed by atoms with Crippen LogP contribution in [0, 0.1) is 11.3 Å². The van der Waals surface area contributed by atoms with Crippen molar-refractivity contribution in [1.82, 2.24) is 0 Å². The SMILES string of the molecule is COc1cccc(NC(=NC2CCCC2)C(C#N)S(=O)(=O)C(C)C)c1. The molecule has 1 unspecified atom stereocenters. The van der Waals surface area contributed by atoms with Crippen molar-refractivity contribution in [1.29, 1.82) is 5.26 Å². The molecule has 1 aliphatic carbocycles. The molecule has 6 nitrogen and oxygen atoms in total. The highest BCUT2D eigenvalue weighted by Crippen LogP contribution is 2.24. The molecule has 0 heterocycles. The Morgan fingerprint density at radius 1 is 1.36 bits per heavy atom. The van der Waals surface area contributed by atoms with Gasteiger partial charge in [0, 0.05) is 11.8 Å². The number of hydrogen-bond acceptors (Lipinski definition) is 5. The van der Waals surface area contributed by atoms with E-state index in [-0.39, 0.29) is 11.9 Å². The number of nitrogens with zero attached hydrogens (tertiary/aromatic N) is 2. The first-order chi connectivity index (χ1) is 11.9. The quantitative estimate of drug-likeness (QED) is 0.619. The van der Waals surface area contributed by atoms with Gasteiger partial charge in [-0.05, 0) is 38.8 Å². The van der Waals surface area contributed by atoms with E-state index < -0.39 is 20.3 Å². The third kappa shape index (κ3) is 4.73. The highest BCUT2D eigenvalue weighted by Gasteiger charge is 2.34. The number of methoxy groups -OCH3 is 1. The summed E-state index contributed by atoms with van der Waals surface area (Å²) in [5, 5.41) is 10.7. The Balaban J connectivity index is 2.40. The Bertz CT molecular complexity index is 760. The third-order valence-corrected chi connectivity index (χ3v) is 6.64. The summed E-state index contributed by atoms with van der Waals surface area (Å²) < 4.78 is 30.4. The first kappa shape index (κ1) is 19.3. The number of hydrogen-bond donors (Lipinski definition) is 1. The smallest absolute Gasteiger partial charge is 0.205 e. The van der Waals surface area contributed by atoms with Gasteiger partial charge < -0.3 is 10.1 Å². The van der Waals surface area contributed by atoms with Gasteiger partial charge in [0.2, 0.25) is 5.25 Å². The number of anilines is 1. The normalized spacial score (nSPS) is 17.3. The minimum absolute atomic E-state index is 0.0614. The van der Waals surface area contributed by atoms with Crippen molar-refractivity contribution in [2.75, 3.05) is 12.4 Å². The van der Waals surface area contributed by atoms with Gasteiger partial charge in [-0.15, -0.1) is 0 Å². The molecule has 0 amide bonds. The van der Waals surface area contributed by atoms with Crippen molar-refractivity contribution in [2.24, 2.45) is 4.99 Å². The van der Waals surface area contributed by atoms with Crippen LogP contribution in [0.2, 0.25) is 0 Å². The van der Waals surface area contributed by atoms with E-state index in [1.54, 1.807) is 45.2 Å². The second kappa shape index (κ2) is 8.34. The number of rotatable bonds is 6. The van der Waals surface area contributed by atoms with Crippen molar-refractivity contribution in [3.63, 3.8) is 0 Å². The van der Waals surface area contributed by atoms with E-state index in [0.717, 1.165) is 25.7 Å². The molecular weight excluding hydrogens is 338 g/mol. The molecule has 25 heavy (non-hydrogen) atoms. The molecule has 1 fully saturated rings. The van der Waals surface area contributed by atoms with E-state index in [9.17, 15) is 13.7 Å². The predicted molar refractivity (Wildman–Crippen MR) is 99.8 cm³/mol. The molecule has 1 aromatic rings. The average molecular weight is 363 g/mol. The molecule has 0 aliphatic heterocycles. The summed E-state index contributed by atoms with van der Waals surface area (Å²) in [5.74, 6) is 0.849. The van der Waals surface area contributed by atoms with Crippen molar-refractivity contribution in [3.8, 4) is 11.8 Å². The molecule has 7 heteroatoms. The van der Waals surface area contributed by atoms with Crippen LogP contribution in [-0.2, 0) is 9.84 Å². The number of amidine groups is 1. The van der Waals surface area contributed by atoms with Crippen LogP contribution in [0.1, 0.15) is 39.5 Å². The molecule has 0 radical (unpaired) electrons. The first-order valence-corrected chi connectivity index (χ1v) is 10.1. The fraction of sp³-hybridized carbons (Fsp3) is 0.556. The lowest BCUT2D eigenvalue weighted by Gasteiger charge is -2.19. The molecule has 1 atom stereocenters. The van der Waals surface area contributed by atoms with Crippen LogP contribution in [0.15, 0.2) is 29.3 Å². The van der Waals surface area contributed by atoms with Gasteiger partial charge in [0.15, 0.2) is 9.84 Å². The third-order valence-electron chi connectivity index (χ3n) is 4.34. The molecular formula is C18H25N3O3S. The fourth-order valence-electron chi connectivity index (χ4n) is 2.81. The standard InChI is InChI=1S/C18H25N3O3S/c1-13(2)25(22,23)17(12-19)18(20-14-7-4-5-8-14)21-15-9-6-10-16(11-15)24-3/h6,9-11,13-14,17H,4-5,7-8H2,1-3H3,(H,20,21). The monoisotopic (exact) mass is 363 g/mol. The van der Waals surface area contributed by atoms with Gasteiger partial charge >= 0.3 is 0 Å². The summed E-state index contributed by atoms with van der Waals surface area (Å²) in [4.78, 5) is 4.61. The molecule has 1 aromatic carbocycles. The predicted octanol–water partition coefficient (Wildman–Crippen LogP) is 3.16. The van der Waals surface area contributed by atoms with Crippen LogP contribution >= 0.6 is 0 Å². The average Bonchev–Trinajstić information content (AvgIpc) is 3.08. The van der Waals surface area contributed by atoms with Crippen molar-refractivity contribution < 1.29 is 13.2 Å². The maximum Gasteiger partial charge on any atom is 0.205 e. The van der Waals surface area contributed by atoms with Crippen molar-refractivity contribution in [3.05, 3.63) is 24.3 Å². The van der Waals surface area contributed by atoms with E-state index in [0.29, 0.717) is 11.4 Å². The second-order valence-corrected chi connectivity index (χ2v) is 9.05. The molecule has 0 saturated heterocycles. The molecule has 136 valence electrons. The summed E-state index contributed by atoms with van der Waals surface area (Å²) in [7, 11) is -2.09. The number of ether oxygens (including phenoxy) is 1. The molecule has 2 rings (SSSR count). The van der Waals surface area contributed by atoms with Gasteiger partial charge in [0.25, 0.3) is 0 Å².